The number of sulfonamides is 1. The zero-order valence-electron chi connectivity index (χ0n) is 14.9. The Morgan fingerprint density at radius 1 is 1.24 bits per heavy atom. The summed E-state index contributed by atoms with van der Waals surface area (Å²) in [5.41, 5.74) is 3.34. The number of thiazole rings is 1. The molecule has 1 aliphatic heterocycles. The third-order valence-corrected chi connectivity index (χ3v) is 7.27. The fourth-order valence-corrected chi connectivity index (χ4v) is 5.68. The van der Waals surface area contributed by atoms with Crippen LogP contribution in [0, 0.1) is 13.8 Å². The van der Waals surface area contributed by atoms with Gasteiger partial charge in [-0.05, 0) is 37.8 Å². The van der Waals surface area contributed by atoms with Crippen molar-refractivity contribution in [1.29, 1.82) is 0 Å². The minimum absolute atomic E-state index is 0.373. The Morgan fingerprint density at radius 2 is 1.92 bits per heavy atom. The first kappa shape index (κ1) is 18.3. The van der Waals surface area contributed by atoms with Crippen LogP contribution in [0.2, 0.25) is 0 Å². The molecule has 2 heterocycles. The number of benzene rings is 1. The highest BCUT2D eigenvalue weighted by Gasteiger charge is 2.34. The van der Waals surface area contributed by atoms with Crippen molar-refractivity contribution in [1.82, 2.24) is 8.87 Å². The largest absolute Gasteiger partial charge is 0.319 e. The van der Waals surface area contributed by atoms with Gasteiger partial charge in [0.1, 0.15) is 6.04 Å². The van der Waals surface area contributed by atoms with Crippen LogP contribution in [0.1, 0.15) is 30.4 Å². The molecular weight excluding hydrogens is 358 g/mol. The van der Waals surface area contributed by atoms with Gasteiger partial charge in [0.05, 0.1) is 16.5 Å². The van der Waals surface area contributed by atoms with Crippen LogP contribution < -0.4 is 4.80 Å². The first-order valence-corrected chi connectivity index (χ1v) is 11.0. The first-order chi connectivity index (χ1) is 11.7. The van der Waals surface area contributed by atoms with Crippen molar-refractivity contribution in [2.24, 2.45) is 12.0 Å². The fraction of sp³-hybridized carbons (Fsp3) is 0.529. The van der Waals surface area contributed by atoms with Crippen LogP contribution >= 0.6 is 11.3 Å². The van der Waals surface area contributed by atoms with Crippen LogP contribution in [-0.4, -0.2) is 42.0 Å². The average Bonchev–Trinajstić information content (AvgIpc) is 2.88. The summed E-state index contributed by atoms with van der Waals surface area (Å²) in [7, 11) is -1.52. The zero-order chi connectivity index (χ0) is 18.4. The molecule has 2 aromatic rings. The second kappa shape index (κ2) is 6.66. The van der Waals surface area contributed by atoms with Crippen LogP contribution in [0.4, 0.5) is 0 Å². The van der Waals surface area contributed by atoms with Gasteiger partial charge in [0.25, 0.3) is 5.91 Å². The standard InChI is InChI=1S/C17H23N3O3S2/c1-11-8-9-12(2)15-14(11)19(3)17(24-15)18-16(21)13-7-5-6-10-20(13)25(4,22)23/h8-9,13H,5-7,10H2,1-4H3. The van der Waals surface area contributed by atoms with Gasteiger partial charge in [0.15, 0.2) is 4.80 Å². The molecule has 1 saturated heterocycles. The minimum atomic E-state index is -3.41. The Bertz CT molecular complexity index is 1000. The topological polar surface area (TPSA) is 71.7 Å². The molecule has 0 N–H and O–H groups in total. The highest BCUT2D eigenvalue weighted by molar-refractivity contribution is 7.88. The van der Waals surface area contributed by atoms with Crippen LogP contribution in [0.5, 0.6) is 0 Å². The van der Waals surface area contributed by atoms with E-state index in [2.05, 4.69) is 17.1 Å². The van der Waals surface area contributed by atoms with Crippen LogP contribution in [0.3, 0.4) is 0 Å². The van der Waals surface area contributed by atoms with Crippen molar-refractivity contribution >= 4 is 37.5 Å². The van der Waals surface area contributed by atoms with E-state index < -0.39 is 16.1 Å². The molecule has 25 heavy (non-hydrogen) atoms. The van der Waals surface area contributed by atoms with E-state index in [0.29, 0.717) is 17.8 Å². The highest BCUT2D eigenvalue weighted by atomic mass is 32.2. The van der Waals surface area contributed by atoms with Crippen LogP contribution in [0.15, 0.2) is 17.1 Å². The van der Waals surface area contributed by atoms with Crippen molar-refractivity contribution in [2.75, 3.05) is 12.8 Å². The Hall–Kier alpha value is -1.51. The normalized spacial score (nSPS) is 20.3. The highest BCUT2D eigenvalue weighted by Crippen LogP contribution is 2.25. The number of piperidine rings is 1. The third kappa shape index (κ3) is 3.43. The van der Waals surface area contributed by atoms with Crippen molar-refractivity contribution in [3.05, 3.63) is 28.1 Å². The Labute approximate surface area is 151 Å². The summed E-state index contributed by atoms with van der Waals surface area (Å²) >= 11 is 1.47. The Balaban J connectivity index is 2.07. The van der Waals surface area contributed by atoms with Gasteiger partial charge in [0.2, 0.25) is 10.0 Å². The molecule has 1 amide bonds. The summed E-state index contributed by atoms with van der Waals surface area (Å²) in [6.07, 6.45) is 3.31. The molecule has 1 aromatic carbocycles. The molecule has 6 nitrogen and oxygen atoms in total. The lowest BCUT2D eigenvalue weighted by Gasteiger charge is -2.31. The van der Waals surface area contributed by atoms with E-state index in [0.717, 1.165) is 40.4 Å². The molecule has 0 saturated carbocycles. The zero-order valence-corrected chi connectivity index (χ0v) is 16.6. The number of rotatable bonds is 2. The number of amides is 1. The maximum atomic E-state index is 12.7. The SMILES string of the molecule is Cc1ccc(C)c2c1sc(=NC(=O)C1CCCCN1S(C)(=O)=O)n2C. The van der Waals surface area contributed by atoms with Gasteiger partial charge in [-0.25, -0.2) is 8.42 Å². The summed E-state index contributed by atoms with van der Waals surface area (Å²) in [6, 6.07) is 3.44. The van der Waals surface area contributed by atoms with Gasteiger partial charge in [-0.2, -0.15) is 9.30 Å². The molecule has 3 rings (SSSR count). The second-order valence-electron chi connectivity index (χ2n) is 6.66. The number of nitrogens with zero attached hydrogens (tertiary/aromatic N) is 3. The number of fused-ring (bicyclic) bond motifs is 1. The molecule has 0 bridgehead atoms. The van der Waals surface area contributed by atoms with Gasteiger partial charge in [0, 0.05) is 13.6 Å². The molecule has 136 valence electrons. The summed E-state index contributed by atoms with van der Waals surface area (Å²) in [5.74, 6) is -0.373. The van der Waals surface area contributed by atoms with Crippen molar-refractivity contribution in [3.8, 4) is 0 Å². The average molecular weight is 382 g/mol. The van der Waals surface area contributed by atoms with Crippen molar-refractivity contribution < 1.29 is 13.2 Å². The third-order valence-electron chi connectivity index (χ3n) is 4.72. The first-order valence-electron chi connectivity index (χ1n) is 8.31. The van der Waals surface area contributed by atoms with E-state index in [4.69, 9.17) is 0 Å². The molecule has 0 spiro atoms. The lowest BCUT2D eigenvalue weighted by molar-refractivity contribution is -0.122. The molecule has 1 aliphatic rings. The number of aryl methyl sites for hydroxylation is 3. The molecule has 8 heteroatoms. The summed E-state index contributed by atoms with van der Waals surface area (Å²) in [5, 5.41) is 0. The molecule has 1 fully saturated rings. The summed E-state index contributed by atoms with van der Waals surface area (Å²) in [4.78, 5) is 17.7. The maximum absolute atomic E-state index is 12.7. The molecule has 1 aromatic heterocycles. The fourth-order valence-electron chi connectivity index (χ4n) is 3.39. The van der Waals surface area contributed by atoms with Gasteiger partial charge in [-0.1, -0.05) is 29.9 Å². The van der Waals surface area contributed by atoms with Gasteiger partial charge in [-0.15, -0.1) is 0 Å². The Morgan fingerprint density at radius 3 is 2.56 bits per heavy atom. The lowest BCUT2D eigenvalue weighted by atomic mass is 10.0. The van der Waals surface area contributed by atoms with Gasteiger partial charge >= 0.3 is 0 Å². The number of aromatic nitrogens is 1. The summed E-state index contributed by atoms with van der Waals surface area (Å²) in [6.45, 7) is 4.46. The molecule has 0 aliphatic carbocycles. The maximum Gasteiger partial charge on any atom is 0.266 e. The molecular formula is C17H23N3O3S2. The number of hydrogen-bond acceptors (Lipinski definition) is 4. The number of carbonyl (C=O) groups excluding carboxylic acids is 1. The predicted molar refractivity (Wildman–Crippen MR) is 100 cm³/mol. The van der Waals surface area contributed by atoms with E-state index in [1.54, 1.807) is 0 Å². The smallest absolute Gasteiger partial charge is 0.266 e. The quantitative estimate of drug-likeness (QED) is 0.800. The monoisotopic (exact) mass is 381 g/mol. The van der Waals surface area contributed by atoms with Gasteiger partial charge < -0.3 is 4.57 Å². The van der Waals surface area contributed by atoms with E-state index in [9.17, 15) is 13.2 Å². The summed E-state index contributed by atoms with van der Waals surface area (Å²) < 4.78 is 28.3. The van der Waals surface area contributed by atoms with Crippen molar-refractivity contribution in [3.63, 3.8) is 0 Å². The number of carbonyl (C=O) groups is 1. The minimum Gasteiger partial charge on any atom is -0.319 e. The van der Waals surface area contributed by atoms with E-state index in [-0.39, 0.29) is 5.91 Å². The van der Waals surface area contributed by atoms with Crippen molar-refractivity contribution in [2.45, 2.75) is 39.2 Å². The molecule has 1 unspecified atom stereocenters. The van der Waals surface area contributed by atoms with E-state index in [1.807, 2.05) is 25.5 Å². The van der Waals surface area contributed by atoms with Crippen LogP contribution in [0.25, 0.3) is 10.2 Å². The van der Waals surface area contributed by atoms with Gasteiger partial charge in [-0.3, -0.25) is 4.79 Å². The second-order valence-corrected chi connectivity index (χ2v) is 9.57. The Kier molecular flexibility index (Phi) is 4.87. The van der Waals surface area contributed by atoms with Crippen LogP contribution in [-0.2, 0) is 21.9 Å². The molecule has 0 radical (unpaired) electrons. The predicted octanol–water partition coefficient (Wildman–Crippen LogP) is 2.10. The van der Waals surface area contributed by atoms with E-state index in [1.165, 1.54) is 15.6 Å². The number of hydrogen-bond donors (Lipinski definition) is 0. The molecule has 1 atom stereocenters. The van der Waals surface area contributed by atoms with E-state index >= 15 is 0 Å². The lowest BCUT2D eigenvalue weighted by Crippen LogP contribution is -2.47.